The molecule has 1 unspecified atom stereocenters. The van der Waals surface area contributed by atoms with Gasteiger partial charge in [-0.25, -0.2) is 8.42 Å². The molecule has 0 bridgehead atoms. The molecule has 0 saturated carbocycles. The number of nitrogens with one attached hydrogen (secondary N) is 1. The van der Waals surface area contributed by atoms with Crippen LogP contribution in [0.3, 0.4) is 0 Å². The first kappa shape index (κ1) is 15.5. The summed E-state index contributed by atoms with van der Waals surface area (Å²) < 4.78 is 30.6. The third kappa shape index (κ3) is 3.98. The fraction of sp³-hybridized carbons (Fsp3) is 0.273. The molecule has 19 heavy (non-hydrogen) atoms. The van der Waals surface area contributed by atoms with Gasteiger partial charge in [-0.2, -0.15) is 4.72 Å². The van der Waals surface area contributed by atoms with Crippen molar-refractivity contribution < 1.29 is 17.9 Å². The molecule has 1 aromatic carbocycles. The summed E-state index contributed by atoms with van der Waals surface area (Å²) in [6, 6.07) is 4.76. The highest BCUT2D eigenvalue weighted by molar-refractivity contribution is 7.89. The zero-order valence-electron chi connectivity index (χ0n) is 10.4. The lowest BCUT2D eigenvalue weighted by atomic mass is 10.2. The number of sulfonamides is 1. The van der Waals surface area contributed by atoms with Crippen molar-refractivity contribution >= 4 is 33.2 Å². The highest BCUT2D eigenvalue weighted by atomic mass is 32.2. The molecule has 3 N–H and O–H groups in total. The first-order chi connectivity index (χ1) is 8.77. The van der Waals surface area contributed by atoms with Gasteiger partial charge in [-0.3, -0.25) is 4.79 Å². The van der Waals surface area contributed by atoms with Crippen molar-refractivity contribution in [2.24, 2.45) is 5.73 Å². The van der Waals surface area contributed by atoms with Crippen LogP contribution in [-0.4, -0.2) is 32.5 Å². The Labute approximate surface area is 117 Å². The Balaban J connectivity index is 2.94. The molecular weight excluding hydrogens is 288 g/mol. The quantitative estimate of drug-likeness (QED) is 0.594. The van der Waals surface area contributed by atoms with Crippen LogP contribution < -0.4 is 10.5 Å². The van der Waals surface area contributed by atoms with Crippen LogP contribution in [0.2, 0.25) is 0 Å². The van der Waals surface area contributed by atoms with E-state index in [1.54, 1.807) is 0 Å². The third-order valence-electron chi connectivity index (χ3n) is 2.34. The van der Waals surface area contributed by atoms with Gasteiger partial charge in [-0.15, -0.1) is 0 Å². The molecule has 6 nitrogen and oxygen atoms in total. The maximum atomic E-state index is 12.0. The monoisotopic (exact) mass is 302 g/mol. The number of carbonyl (C=O) groups excluding carboxylic acids is 1. The van der Waals surface area contributed by atoms with E-state index in [0.717, 1.165) is 0 Å². The summed E-state index contributed by atoms with van der Waals surface area (Å²) in [6.07, 6.45) is 0. The zero-order valence-corrected chi connectivity index (χ0v) is 12.0. The van der Waals surface area contributed by atoms with Gasteiger partial charge in [0.15, 0.2) is 0 Å². The van der Waals surface area contributed by atoms with E-state index in [9.17, 15) is 13.2 Å². The molecule has 0 radical (unpaired) electrons. The first-order valence-corrected chi connectivity index (χ1v) is 7.17. The summed E-state index contributed by atoms with van der Waals surface area (Å²) in [4.78, 5) is 11.4. The summed E-state index contributed by atoms with van der Waals surface area (Å²) in [5, 5.41) is 0. The van der Waals surface area contributed by atoms with Crippen molar-refractivity contribution in [3.63, 3.8) is 0 Å². The van der Waals surface area contributed by atoms with Gasteiger partial charge in [-0.05, 0) is 19.1 Å². The number of thiocarbonyl (C=S) groups is 1. The largest absolute Gasteiger partial charge is 0.468 e. The van der Waals surface area contributed by atoms with E-state index >= 15 is 0 Å². The molecule has 1 aromatic rings. The Kier molecular flexibility index (Phi) is 4.98. The average Bonchev–Trinajstić information content (AvgIpc) is 2.37. The topological polar surface area (TPSA) is 98.5 Å². The lowest BCUT2D eigenvalue weighted by Gasteiger charge is -2.12. The molecule has 0 spiro atoms. The van der Waals surface area contributed by atoms with Crippen molar-refractivity contribution in [1.29, 1.82) is 0 Å². The first-order valence-electron chi connectivity index (χ1n) is 5.28. The van der Waals surface area contributed by atoms with Gasteiger partial charge in [0.05, 0.1) is 12.0 Å². The van der Waals surface area contributed by atoms with Crippen molar-refractivity contribution in [3.8, 4) is 0 Å². The van der Waals surface area contributed by atoms with E-state index in [-0.39, 0.29) is 9.88 Å². The molecule has 0 aliphatic rings. The minimum atomic E-state index is -3.79. The number of methoxy groups -OCH3 is 1. The lowest BCUT2D eigenvalue weighted by molar-refractivity contribution is -0.142. The molecule has 8 heteroatoms. The number of hydrogen-bond donors (Lipinski definition) is 2. The second-order valence-electron chi connectivity index (χ2n) is 3.75. The molecule has 1 atom stereocenters. The Morgan fingerprint density at radius 2 is 1.89 bits per heavy atom. The fourth-order valence-corrected chi connectivity index (χ4v) is 2.65. The Bertz CT molecular complexity index is 581. The highest BCUT2D eigenvalue weighted by Gasteiger charge is 2.22. The van der Waals surface area contributed by atoms with Gasteiger partial charge in [0.1, 0.15) is 11.0 Å². The van der Waals surface area contributed by atoms with E-state index in [0.29, 0.717) is 5.56 Å². The van der Waals surface area contributed by atoms with Crippen molar-refractivity contribution in [2.75, 3.05) is 7.11 Å². The SMILES string of the molecule is COC(=O)C(C)NS(=O)(=O)c1ccc(C(N)=S)cc1. The fourth-order valence-electron chi connectivity index (χ4n) is 1.32. The van der Waals surface area contributed by atoms with Gasteiger partial charge in [-0.1, -0.05) is 24.4 Å². The normalized spacial score (nSPS) is 12.7. The van der Waals surface area contributed by atoms with Gasteiger partial charge in [0, 0.05) is 5.56 Å². The molecule has 0 fully saturated rings. The number of ether oxygens (including phenoxy) is 1. The van der Waals surface area contributed by atoms with Crippen LogP contribution in [0.5, 0.6) is 0 Å². The summed E-state index contributed by atoms with van der Waals surface area (Å²) in [5.41, 5.74) is 5.98. The van der Waals surface area contributed by atoms with E-state index in [1.807, 2.05) is 0 Å². The van der Waals surface area contributed by atoms with Crippen molar-refractivity contribution in [1.82, 2.24) is 4.72 Å². The number of hydrogen-bond acceptors (Lipinski definition) is 5. The van der Waals surface area contributed by atoms with Crippen molar-refractivity contribution in [2.45, 2.75) is 17.9 Å². The molecule has 0 aliphatic heterocycles. The predicted octanol–water partition coefficient (Wildman–Crippen LogP) is 0.161. The maximum absolute atomic E-state index is 12.0. The minimum Gasteiger partial charge on any atom is -0.468 e. The zero-order chi connectivity index (χ0) is 14.6. The number of rotatable bonds is 5. The number of benzene rings is 1. The highest BCUT2D eigenvalue weighted by Crippen LogP contribution is 2.11. The molecule has 1 rings (SSSR count). The standard InChI is InChI=1S/C11H14N2O4S2/c1-7(11(14)17-2)13-19(15,16)9-5-3-8(4-6-9)10(12)18/h3-7,13H,1-2H3,(H2,12,18). The van der Waals surface area contributed by atoms with Crippen LogP contribution in [0.15, 0.2) is 29.2 Å². The lowest BCUT2D eigenvalue weighted by Crippen LogP contribution is -2.39. The van der Waals surface area contributed by atoms with Crippen LogP contribution >= 0.6 is 12.2 Å². The molecule has 0 saturated heterocycles. The summed E-state index contributed by atoms with van der Waals surface area (Å²) >= 11 is 4.77. The number of esters is 1. The summed E-state index contributed by atoms with van der Waals surface area (Å²) in [5.74, 6) is -0.664. The molecule has 104 valence electrons. The minimum absolute atomic E-state index is 0.0169. The van der Waals surface area contributed by atoms with E-state index in [1.165, 1.54) is 38.3 Å². The smallest absolute Gasteiger partial charge is 0.323 e. The molecule has 0 aliphatic carbocycles. The van der Waals surface area contributed by atoms with Crippen LogP contribution in [0.1, 0.15) is 12.5 Å². The predicted molar refractivity (Wildman–Crippen MR) is 74.1 cm³/mol. The van der Waals surface area contributed by atoms with E-state index in [2.05, 4.69) is 9.46 Å². The van der Waals surface area contributed by atoms with E-state index in [4.69, 9.17) is 18.0 Å². The summed E-state index contributed by atoms with van der Waals surface area (Å²) in [6.45, 7) is 1.40. The van der Waals surface area contributed by atoms with E-state index < -0.39 is 22.0 Å². The van der Waals surface area contributed by atoms with Gasteiger partial charge in [0.2, 0.25) is 10.0 Å². The van der Waals surface area contributed by atoms with Crippen LogP contribution in [0.25, 0.3) is 0 Å². The molecule has 0 aromatic heterocycles. The number of nitrogens with two attached hydrogens (primary N) is 1. The Morgan fingerprint density at radius 1 is 1.37 bits per heavy atom. The van der Waals surface area contributed by atoms with Gasteiger partial charge >= 0.3 is 5.97 Å². The molecule has 0 heterocycles. The Hall–Kier alpha value is -1.51. The van der Waals surface area contributed by atoms with Crippen LogP contribution in [0, 0.1) is 0 Å². The van der Waals surface area contributed by atoms with Crippen LogP contribution in [0.4, 0.5) is 0 Å². The second kappa shape index (κ2) is 6.09. The molecule has 0 amide bonds. The van der Waals surface area contributed by atoms with Gasteiger partial charge < -0.3 is 10.5 Å². The summed E-state index contributed by atoms with van der Waals surface area (Å²) in [7, 11) is -2.61. The third-order valence-corrected chi connectivity index (χ3v) is 4.13. The van der Waals surface area contributed by atoms with Crippen molar-refractivity contribution in [3.05, 3.63) is 29.8 Å². The second-order valence-corrected chi connectivity index (χ2v) is 5.91. The maximum Gasteiger partial charge on any atom is 0.323 e. The van der Waals surface area contributed by atoms with Crippen LogP contribution in [-0.2, 0) is 19.6 Å². The Morgan fingerprint density at radius 3 is 2.32 bits per heavy atom. The van der Waals surface area contributed by atoms with Gasteiger partial charge in [0.25, 0.3) is 0 Å². The number of carbonyl (C=O) groups is 1. The average molecular weight is 302 g/mol. The molecular formula is C11H14N2O4S2.